The lowest BCUT2D eigenvalue weighted by Crippen LogP contribution is -2.36. The number of carbonyl (C=O) groups is 2. The molecule has 24 heavy (non-hydrogen) atoms. The lowest BCUT2D eigenvalue weighted by molar-refractivity contribution is -0.0792. The molecular weight excluding hydrogens is 318 g/mol. The summed E-state index contributed by atoms with van der Waals surface area (Å²) >= 11 is 0. The maximum Gasteiger partial charge on any atom is 0.339 e. The molecule has 2 rings (SSSR count). The summed E-state index contributed by atoms with van der Waals surface area (Å²) in [4.78, 5) is 23.6. The van der Waals surface area contributed by atoms with Crippen molar-refractivity contribution in [2.75, 3.05) is 6.61 Å². The molecule has 1 atom stereocenters. The molecule has 2 aromatic carbocycles. The van der Waals surface area contributed by atoms with Gasteiger partial charge in [0.1, 0.15) is 0 Å². The van der Waals surface area contributed by atoms with Gasteiger partial charge in [0.15, 0.2) is 6.10 Å². The molecule has 0 saturated carbocycles. The largest absolute Gasteiger partial charge is 0.462 e. The summed E-state index contributed by atoms with van der Waals surface area (Å²) in [6.07, 6.45) is -2.25. The Hall–Kier alpha value is -2.60. The van der Waals surface area contributed by atoms with Crippen LogP contribution in [-0.2, 0) is 4.74 Å². The second-order valence-corrected chi connectivity index (χ2v) is 5.06. The van der Waals surface area contributed by atoms with Crippen LogP contribution >= 0.6 is 0 Å². The van der Waals surface area contributed by atoms with Crippen LogP contribution in [0.15, 0.2) is 54.6 Å². The maximum absolute atomic E-state index is 14.3. The molecule has 0 aliphatic carbocycles. The summed E-state index contributed by atoms with van der Waals surface area (Å²) in [7, 11) is 0. The van der Waals surface area contributed by atoms with Crippen molar-refractivity contribution in [2.24, 2.45) is 0 Å². The number of hydrogen-bond donors (Lipinski definition) is 1. The SMILES string of the molecule is CCOC(=O)c1ccc(C(=O)C(F)(F)[C@H](O)c2ccccc2)cc1. The van der Waals surface area contributed by atoms with Gasteiger partial charge in [-0.05, 0) is 24.6 Å². The summed E-state index contributed by atoms with van der Waals surface area (Å²) < 4.78 is 33.3. The molecule has 0 bridgehead atoms. The number of ketones is 1. The van der Waals surface area contributed by atoms with Crippen LogP contribution in [0.3, 0.4) is 0 Å². The molecule has 0 unspecified atom stereocenters. The van der Waals surface area contributed by atoms with E-state index < -0.39 is 23.8 Å². The van der Waals surface area contributed by atoms with Crippen LogP contribution in [-0.4, -0.2) is 29.4 Å². The molecule has 0 aliphatic heterocycles. The first-order valence-corrected chi connectivity index (χ1v) is 7.30. The highest BCUT2D eigenvalue weighted by molar-refractivity contribution is 6.02. The molecule has 0 amide bonds. The fraction of sp³-hybridized carbons (Fsp3) is 0.222. The lowest BCUT2D eigenvalue weighted by Gasteiger charge is -2.21. The Morgan fingerprint density at radius 1 is 1.04 bits per heavy atom. The van der Waals surface area contributed by atoms with Gasteiger partial charge in [0.2, 0.25) is 5.78 Å². The molecule has 126 valence electrons. The number of rotatable bonds is 6. The number of carbonyl (C=O) groups excluding carboxylic acids is 2. The van der Waals surface area contributed by atoms with Crippen molar-refractivity contribution in [1.82, 2.24) is 0 Å². The van der Waals surface area contributed by atoms with Crippen molar-refractivity contribution in [3.63, 3.8) is 0 Å². The molecule has 0 aliphatic rings. The first kappa shape index (κ1) is 17.7. The number of ether oxygens (including phenoxy) is 1. The zero-order valence-corrected chi connectivity index (χ0v) is 12.9. The Bertz CT molecular complexity index is 712. The highest BCUT2D eigenvalue weighted by Gasteiger charge is 2.47. The minimum absolute atomic E-state index is 0.0565. The van der Waals surface area contributed by atoms with Crippen molar-refractivity contribution in [2.45, 2.75) is 19.0 Å². The van der Waals surface area contributed by atoms with Crippen LogP contribution in [0.2, 0.25) is 0 Å². The third-order valence-electron chi connectivity index (χ3n) is 3.42. The molecule has 1 N–H and O–H groups in total. The fourth-order valence-corrected chi connectivity index (χ4v) is 2.13. The van der Waals surface area contributed by atoms with E-state index in [9.17, 15) is 23.5 Å². The molecule has 6 heteroatoms. The van der Waals surface area contributed by atoms with Crippen molar-refractivity contribution in [3.8, 4) is 0 Å². The van der Waals surface area contributed by atoms with E-state index >= 15 is 0 Å². The average molecular weight is 334 g/mol. The predicted octanol–water partition coefficient (Wildman–Crippen LogP) is 3.41. The number of halogens is 2. The standard InChI is InChI=1S/C18H16F2O4/c1-2-24-17(23)14-10-8-13(9-11-14)16(22)18(19,20)15(21)12-6-4-3-5-7-12/h3-11,15,21H,2H2,1H3/t15-/m1/s1. The first-order chi connectivity index (χ1) is 11.4. The minimum atomic E-state index is -3.99. The molecule has 0 spiro atoms. The van der Waals surface area contributed by atoms with Gasteiger partial charge in [-0.1, -0.05) is 42.5 Å². The second kappa shape index (κ2) is 7.31. The Morgan fingerprint density at radius 3 is 2.12 bits per heavy atom. The van der Waals surface area contributed by atoms with E-state index in [1.54, 1.807) is 13.0 Å². The van der Waals surface area contributed by atoms with Crippen molar-refractivity contribution in [1.29, 1.82) is 0 Å². The van der Waals surface area contributed by atoms with Crippen LogP contribution in [0.25, 0.3) is 0 Å². The molecule has 2 aromatic rings. The van der Waals surface area contributed by atoms with Gasteiger partial charge in [0.05, 0.1) is 12.2 Å². The predicted molar refractivity (Wildman–Crippen MR) is 83.1 cm³/mol. The average Bonchev–Trinajstić information content (AvgIpc) is 2.61. The van der Waals surface area contributed by atoms with Gasteiger partial charge in [-0.25, -0.2) is 4.79 Å². The number of Topliss-reactive ketones (excluding diaryl/α,β-unsaturated/α-hetero) is 1. The summed E-state index contributed by atoms with van der Waals surface area (Å²) in [5.41, 5.74) is -0.206. The van der Waals surface area contributed by atoms with Crippen LogP contribution in [0.1, 0.15) is 39.3 Å². The first-order valence-electron chi connectivity index (χ1n) is 7.30. The summed E-state index contributed by atoms with van der Waals surface area (Å²) in [5.74, 6) is -6.12. The Kier molecular flexibility index (Phi) is 5.41. The molecule has 4 nitrogen and oxygen atoms in total. The monoisotopic (exact) mass is 334 g/mol. The lowest BCUT2D eigenvalue weighted by atomic mass is 9.96. The minimum Gasteiger partial charge on any atom is -0.462 e. The van der Waals surface area contributed by atoms with Gasteiger partial charge in [0, 0.05) is 5.56 Å². The summed E-state index contributed by atoms with van der Waals surface area (Å²) in [6.45, 7) is 1.82. The number of benzene rings is 2. The molecule has 0 saturated heterocycles. The van der Waals surface area contributed by atoms with Crippen molar-refractivity contribution < 1.29 is 28.2 Å². The summed E-state index contributed by atoms with van der Waals surface area (Å²) in [6, 6.07) is 11.9. The van der Waals surface area contributed by atoms with Crippen LogP contribution in [0, 0.1) is 0 Å². The number of alkyl halides is 2. The zero-order chi connectivity index (χ0) is 17.7. The molecule has 0 radical (unpaired) electrons. The van der Waals surface area contributed by atoms with E-state index in [1.165, 1.54) is 36.4 Å². The van der Waals surface area contributed by atoms with Crippen molar-refractivity contribution in [3.05, 3.63) is 71.3 Å². The third-order valence-corrected chi connectivity index (χ3v) is 3.42. The quantitative estimate of drug-likeness (QED) is 0.649. The molecule has 0 aromatic heterocycles. The highest BCUT2D eigenvalue weighted by Crippen LogP contribution is 2.34. The number of esters is 1. The van der Waals surface area contributed by atoms with Crippen molar-refractivity contribution >= 4 is 11.8 Å². The number of hydrogen-bond acceptors (Lipinski definition) is 4. The molecular formula is C18H16F2O4. The topological polar surface area (TPSA) is 63.6 Å². The van der Waals surface area contributed by atoms with Gasteiger partial charge in [-0.3, -0.25) is 4.79 Å². The number of aliphatic hydroxyl groups is 1. The van der Waals surface area contributed by atoms with E-state index in [2.05, 4.69) is 0 Å². The highest BCUT2D eigenvalue weighted by atomic mass is 19.3. The van der Waals surface area contributed by atoms with Crippen LogP contribution in [0.5, 0.6) is 0 Å². The Labute approximate surface area is 137 Å². The van der Waals surface area contributed by atoms with Crippen LogP contribution < -0.4 is 0 Å². The summed E-state index contributed by atoms with van der Waals surface area (Å²) in [5, 5.41) is 9.85. The fourth-order valence-electron chi connectivity index (χ4n) is 2.13. The number of aliphatic hydroxyl groups excluding tert-OH is 1. The van der Waals surface area contributed by atoms with E-state index in [4.69, 9.17) is 4.74 Å². The zero-order valence-electron chi connectivity index (χ0n) is 12.9. The van der Waals surface area contributed by atoms with Gasteiger partial charge in [-0.15, -0.1) is 0 Å². The van der Waals surface area contributed by atoms with E-state index in [1.807, 2.05) is 0 Å². The smallest absolute Gasteiger partial charge is 0.339 e. The Balaban J connectivity index is 2.22. The normalized spacial score (nSPS) is 12.5. The second-order valence-electron chi connectivity index (χ2n) is 5.06. The van der Waals surface area contributed by atoms with Crippen LogP contribution in [0.4, 0.5) is 8.78 Å². The van der Waals surface area contributed by atoms with E-state index in [-0.39, 0.29) is 23.3 Å². The molecule has 0 heterocycles. The molecule has 0 fully saturated rings. The van der Waals surface area contributed by atoms with E-state index in [0.717, 1.165) is 12.1 Å². The van der Waals surface area contributed by atoms with Gasteiger partial charge in [-0.2, -0.15) is 8.78 Å². The third kappa shape index (κ3) is 3.65. The Morgan fingerprint density at radius 2 is 1.58 bits per heavy atom. The van der Waals surface area contributed by atoms with Gasteiger partial charge >= 0.3 is 11.9 Å². The maximum atomic E-state index is 14.3. The van der Waals surface area contributed by atoms with Gasteiger partial charge in [0.25, 0.3) is 0 Å². The van der Waals surface area contributed by atoms with E-state index in [0.29, 0.717) is 0 Å². The van der Waals surface area contributed by atoms with Gasteiger partial charge < -0.3 is 9.84 Å².